The number of benzene rings is 1. The number of carbonyl (C=O) groups excluding carboxylic acids is 1. The molecule has 1 amide bonds. The second-order valence-electron chi connectivity index (χ2n) is 5.13. The average Bonchev–Trinajstić information content (AvgIpc) is 2.90. The topological polar surface area (TPSA) is 61.8 Å². The van der Waals surface area contributed by atoms with Crippen molar-refractivity contribution >= 4 is 23.2 Å². The third-order valence-corrected chi connectivity index (χ3v) is 3.89. The molecular formula is C15H21ClN2O3. The molecule has 21 heavy (non-hydrogen) atoms. The lowest BCUT2D eigenvalue weighted by molar-refractivity contribution is -0.128. The summed E-state index contributed by atoms with van der Waals surface area (Å²) in [6.07, 6.45) is 0.959. The molecule has 0 aliphatic carbocycles. The molecule has 1 aliphatic heterocycles. The van der Waals surface area contributed by atoms with Gasteiger partial charge in [0.05, 0.1) is 19.1 Å². The van der Waals surface area contributed by atoms with Crippen molar-refractivity contribution in [3.63, 3.8) is 0 Å². The largest absolute Gasteiger partial charge is 0.496 e. The number of methoxy groups -OCH3 is 1. The van der Waals surface area contributed by atoms with Gasteiger partial charge in [0, 0.05) is 37.3 Å². The Kier molecular flexibility index (Phi) is 5.70. The van der Waals surface area contributed by atoms with Gasteiger partial charge in [0.15, 0.2) is 0 Å². The van der Waals surface area contributed by atoms with Crippen molar-refractivity contribution in [3.05, 3.63) is 23.8 Å². The second-order valence-corrected chi connectivity index (χ2v) is 5.44. The van der Waals surface area contributed by atoms with E-state index in [0.717, 1.165) is 30.0 Å². The number of nitrogens with one attached hydrogen (secondary N) is 1. The van der Waals surface area contributed by atoms with E-state index in [9.17, 15) is 9.90 Å². The third-order valence-electron chi connectivity index (χ3n) is 3.53. The van der Waals surface area contributed by atoms with E-state index < -0.39 is 6.10 Å². The lowest BCUT2D eigenvalue weighted by Crippen LogP contribution is -2.24. The number of alkyl halides is 1. The SMILES string of the molecule is COc1ccc(NCC(O)CCl)cc1CN1CCCC1=O. The van der Waals surface area contributed by atoms with Crippen LogP contribution in [0, 0.1) is 0 Å². The number of carbonyl (C=O) groups is 1. The molecule has 1 heterocycles. The highest BCUT2D eigenvalue weighted by atomic mass is 35.5. The molecule has 1 fully saturated rings. The average molecular weight is 313 g/mol. The summed E-state index contributed by atoms with van der Waals surface area (Å²) < 4.78 is 5.36. The number of amides is 1. The van der Waals surface area contributed by atoms with Gasteiger partial charge in [-0.25, -0.2) is 0 Å². The van der Waals surface area contributed by atoms with Gasteiger partial charge < -0.3 is 20.1 Å². The van der Waals surface area contributed by atoms with E-state index in [4.69, 9.17) is 16.3 Å². The Hall–Kier alpha value is -1.46. The zero-order valence-corrected chi connectivity index (χ0v) is 12.9. The molecule has 1 unspecified atom stereocenters. The van der Waals surface area contributed by atoms with Gasteiger partial charge in [-0.3, -0.25) is 4.79 Å². The minimum absolute atomic E-state index is 0.188. The predicted octanol–water partition coefficient (Wildman–Crippen LogP) is 1.83. The molecule has 5 nitrogen and oxygen atoms in total. The van der Waals surface area contributed by atoms with Crippen LogP contribution in [0.4, 0.5) is 5.69 Å². The highest BCUT2D eigenvalue weighted by Crippen LogP contribution is 2.25. The van der Waals surface area contributed by atoms with E-state index in [2.05, 4.69) is 5.32 Å². The number of aliphatic hydroxyl groups excluding tert-OH is 1. The molecule has 0 spiro atoms. The van der Waals surface area contributed by atoms with Gasteiger partial charge in [-0.2, -0.15) is 0 Å². The Morgan fingerprint density at radius 3 is 2.95 bits per heavy atom. The first kappa shape index (κ1) is 15.9. The van der Waals surface area contributed by atoms with Crippen LogP contribution in [0.5, 0.6) is 5.75 Å². The third kappa shape index (κ3) is 4.25. The summed E-state index contributed by atoms with van der Waals surface area (Å²) in [4.78, 5) is 13.6. The van der Waals surface area contributed by atoms with Gasteiger partial charge in [0.25, 0.3) is 0 Å². The van der Waals surface area contributed by atoms with Crippen molar-refractivity contribution in [2.45, 2.75) is 25.5 Å². The van der Waals surface area contributed by atoms with Gasteiger partial charge in [-0.05, 0) is 24.6 Å². The number of likely N-dealkylation sites (tertiary alicyclic amines) is 1. The standard InChI is InChI=1S/C15H21ClN2O3/c1-21-14-5-4-12(17-9-13(19)8-16)7-11(14)10-18-6-2-3-15(18)20/h4-5,7,13,17,19H,2-3,6,8-10H2,1H3. The molecule has 2 N–H and O–H groups in total. The van der Waals surface area contributed by atoms with Gasteiger partial charge in [-0.15, -0.1) is 11.6 Å². The Labute approximate surface area is 129 Å². The molecule has 0 bridgehead atoms. The maximum Gasteiger partial charge on any atom is 0.222 e. The van der Waals surface area contributed by atoms with Crippen molar-refractivity contribution in [1.82, 2.24) is 4.90 Å². The Morgan fingerprint density at radius 1 is 1.52 bits per heavy atom. The summed E-state index contributed by atoms with van der Waals surface area (Å²) in [5, 5.41) is 12.6. The Balaban J connectivity index is 2.08. The normalized spacial score (nSPS) is 16.1. The van der Waals surface area contributed by atoms with Crippen LogP contribution in [-0.2, 0) is 11.3 Å². The van der Waals surface area contributed by atoms with Crippen molar-refractivity contribution in [3.8, 4) is 5.75 Å². The van der Waals surface area contributed by atoms with E-state index in [1.54, 1.807) is 7.11 Å². The summed E-state index contributed by atoms with van der Waals surface area (Å²) in [5.74, 6) is 1.14. The van der Waals surface area contributed by atoms with Gasteiger partial charge in [0.1, 0.15) is 5.75 Å². The van der Waals surface area contributed by atoms with E-state index in [0.29, 0.717) is 19.5 Å². The molecule has 0 aromatic heterocycles. The molecule has 116 valence electrons. The number of ether oxygens (including phenoxy) is 1. The van der Waals surface area contributed by atoms with Crippen LogP contribution in [0.15, 0.2) is 18.2 Å². The number of hydrogen-bond acceptors (Lipinski definition) is 4. The van der Waals surface area contributed by atoms with Crippen LogP contribution in [0.1, 0.15) is 18.4 Å². The molecule has 1 atom stereocenters. The summed E-state index contributed by atoms with van der Waals surface area (Å²) in [5.41, 5.74) is 1.83. The summed E-state index contributed by atoms with van der Waals surface area (Å²) in [6, 6.07) is 5.70. The van der Waals surface area contributed by atoms with Crippen LogP contribution in [-0.4, -0.2) is 48.1 Å². The fraction of sp³-hybridized carbons (Fsp3) is 0.533. The van der Waals surface area contributed by atoms with Crippen molar-refractivity contribution in [2.75, 3.05) is 31.4 Å². The minimum atomic E-state index is -0.586. The zero-order valence-electron chi connectivity index (χ0n) is 12.1. The van der Waals surface area contributed by atoms with Gasteiger partial charge in [-0.1, -0.05) is 0 Å². The van der Waals surface area contributed by atoms with Crippen LogP contribution in [0.25, 0.3) is 0 Å². The fourth-order valence-corrected chi connectivity index (χ4v) is 2.49. The molecule has 1 aromatic carbocycles. The smallest absolute Gasteiger partial charge is 0.222 e. The van der Waals surface area contributed by atoms with Crippen molar-refractivity contribution < 1.29 is 14.6 Å². The molecule has 1 saturated heterocycles. The quantitative estimate of drug-likeness (QED) is 0.754. The van der Waals surface area contributed by atoms with Crippen molar-refractivity contribution in [1.29, 1.82) is 0 Å². The Morgan fingerprint density at radius 2 is 2.33 bits per heavy atom. The van der Waals surface area contributed by atoms with E-state index in [1.807, 2.05) is 23.1 Å². The molecule has 2 rings (SSSR count). The maximum absolute atomic E-state index is 11.7. The van der Waals surface area contributed by atoms with Gasteiger partial charge in [0.2, 0.25) is 5.91 Å². The van der Waals surface area contributed by atoms with Crippen LogP contribution in [0.2, 0.25) is 0 Å². The number of rotatable bonds is 7. The van der Waals surface area contributed by atoms with Gasteiger partial charge >= 0.3 is 0 Å². The second kappa shape index (κ2) is 7.52. The lowest BCUT2D eigenvalue weighted by atomic mass is 10.1. The summed E-state index contributed by atoms with van der Waals surface area (Å²) in [7, 11) is 1.62. The van der Waals surface area contributed by atoms with E-state index >= 15 is 0 Å². The number of halogens is 1. The molecule has 0 saturated carbocycles. The first-order valence-electron chi connectivity index (χ1n) is 7.06. The molecular weight excluding hydrogens is 292 g/mol. The summed E-state index contributed by atoms with van der Waals surface area (Å²) >= 11 is 5.57. The number of nitrogens with zero attached hydrogens (tertiary/aromatic N) is 1. The van der Waals surface area contributed by atoms with Crippen LogP contribution >= 0.6 is 11.6 Å². The highest BCUT2D eigenvalue weighted by molar-refractivity contribution is 6.18. The lowest BCUT2D eigenvalue weighted by Gasteiger charge is -2.19. The highest BCUT2D eigenvalue weighted by Gasteiger charge is 2.21. The molecule has 0 radical (unpaired) electrons. The number of aliphatic hydroxyl groups is 1. The maximum atomic E-state index is 11.7. The zero-order chi connectivity index (χ0) is 15.2. The summed E-state index contributed by atoms with van der Waals surface area (Å²) in [6.45, 7) is 1.73. The number of anilines is 1. The van der Waals surface area contributed by atoms with E-state index in [1.165, 1.54) is 0 Å². The monoisotopic (exact) mass is 312 g/mol. The molecule has 1 aromatic rings. The molecule has 1 aliphatic rings. The first-order valence-corrected chi connectivity index (χ1v) is 7.60. The minimum Gasteiger partial charge on any atom is -0.496 e. The Bertz CT molecular complexity index is 496. The molecule has 6 heteroatoms. The van der Waals surface area contributed by atoms with Crippen LogP contribution < -0.4 is 10.1 Å². The fourth-order valence-electron chi connectivity index (χ4n) is 2.38. The van der Waals surface area contributed by atoms with E-state index in [-0.39, 0.29) is 11.8 Å². The number of hydrogen-bond donors (Lipinski definition) is 2. The first-order chi connectivity index (χ1) is 10.1. The van der Waals surface area contributed by atoms with Crippen LogP contribution in [0.3, 0.4) is 0 Å². The van der Waals surface area contributed by atoms with Crippen molar-refractivity contribution in [2.24, 2.45) is 0 Å². The predicted molar refractivity (Wildman–Crippen MR) is 82.9 cm³/mol.